The molecule has 0 radical (unpaired) electrons. The maximum atomic E-state index is 12.4. The summed E-state index contributed by atoms with van der Waals surface area (Å²) in [4.78, 5) is -0.0575. The first kappa shape index (κ1) is 19.2. The minimum Gasteiger partial charge on any atom is -0.434 e. The molecular formula is C15H15Cl2F2NO3S. The number of allylic oxidation sites excluding steroid dienone is 3. The van der Waals surface area contributed by atoms with Crippen LogP contribution in [0.2, 0.25) is 0 Å². The van der Waals surface area contributed by atoms with Crippen LogP contribution in [0.1, 0.15) is 12.5 Å². The van der Waals surface area contributed by atoms with Crippen LogP contribution in [0.15, 0.2) is 46.4 Å². The number of rotatable bonds is 6. The molecule has 24 heavy (non-hydrogen) atoms. The lowest BCUT2D eigenvalue weighted by Gasteiger charge is -2.21. The maximum absolute atomic E-state index is 12.4. The molecule has 9 heteroatoms. The average molecular weight is 398 g/mol. The van der Waals surface area contributed by atoms with E-state index in [0.29, 0.717) is 5.03 Å². The van der Waals surface area contributed by atoms with E-state index in [1.807, 2.05) is 0 Å². The molecule has 0 aliphatic heterocycles. The van der Waals surface area contributed by atoms with Gasteiger partial charge in [0, 0.05) is 23.1 Å². The topological polar surface area (TPSA) is 55.4 Å². The molecule has 2 unspecified atom stereocenters. The van der Waals surface area contributed by atoms with Crippen LogP contribution in [0.3, 0.4) is 0 Å². The molecular weight excluding hydrogens is 383 g/mol. The molecule has 1 aromatic carbocycles. The molecule has 0 bridgehead atoms. The second kappa shape index (κ2) is 7.82. The molecule has 1 aromatic rings. The Hall–Kier alpha value is -1.15. The van der Waals surface area contributed by atoms with Crippen molar-refractivity contribution >= 4 is 33.2 Å². The first-order chi connectivity index (χ1) is 11.2. The summed E-state index contributed by atoms with van der Waals surface area (Å²) in [6.07, 6.45) is 2.72. The number of hydrogen-bond donors (Lipinski definition) is 1. The smallest absolute Gasteiger partial charge is 0.387 e. The fourth-order valence-electron chi connectivity index (χ4n) is 2.05. The Balaban J connectivity index is 2.16. The zero-order chi connectivity index (χ0) is 17.9. The molecule has 0 fully saturated rings. The number of ether oxygens (including phenoxy) is 1. The van der Waals surface area contributed by atoms with Gasteiger partial charge in [-0.2, -0.15) is 8.78 Å². The van der Waals surface area contributed by atoms with Crippen molar-refractivity contribution in [3.05, 3.63) is 51.9 Å². The normalized spacial score (nSPS) is 21.4. The minimum absolute atomic E-state index is 0.0575. The maximum Gasteiger partial charge on any atom is 0.387 e. The van der Waals surface area contributed by atoms with Gasteiger partial charge in [0.05, 0.1) is 10.3 Å². The highest BCUT2D eigenvalue weighted by Gasteiger charge is 2.26. The molecule has 0 amide bonds. The molecule has 0 saturated carbocycles. The highest BCUT2D eigenvalue weighted by Crippen LogP contribution is 2.32. The van der Waals surface area contributed by atoms with Crippen LogP contribution in [0.5, 0.6) is 5.75 Å². The van der Waals surface area contributed by atoms with E-state index in [-0.39, 0.29) is 28.7 Å². The number of benzene rings is 1. The second-order valence-corrected chi connectivity index (χ2v) is 7.85. The first-order valence-electron chi connectivity index (χ1n) is 6.96. The quantitative estimate of drug-likeness (QED) is 0.738. The van der Waals surface area contributed by atoms with E-state index in [1.165, 1.54) is 30.4 Å². The summed E-state index contributed by atoms with van der Waals surface area (Å²) < 4.78 is 56.2. The van der Waals surface area contributed by atoms with Crippen LogP contribution in [-0.2, 0) is 16.6 Å². The molecule has 1 N–H and O–H groups in total. The number of para-hydroxylation sites is 1. The van der Waals surface area contributed by atoms with E-state index in [9.17, 15) is 17.2 Å². The summed E-state index contributed by atoms with van der Waals surface area (Å²) in [5.41, 5.74) is 0.281. The third-order valence-electron chi connectivity index (χ3n) is 3.47. The van der Waals surface area contributed by atoms with Crippen molar-refractivity contribution in [3.8, 4) is 5.75 Å². The molecule has 0 spiro atoms. The third-order valence-corrected chi connectivity index (χ3v) is 5.82. The average Bonchev–Trinajstić information content (AvgIpc) is 2.50. The minimum atomic E-state index is -3.89. The highest BCUT2D eigenvalue weighted by atomic mass is 35.5. The van der Waals surface area contributed by atoms with Crippen molar-refractivity contribution in [3.63, 3.8) is 0 Å². The summed E-state index contributed by atoms with van der Waals surface area (Å²) in [6.45, 7) is -1.43. The van der Waals surface area contributed by atoms with Gasteiger partial charge < -0.3 is 4.74 Å². The predicted molar refractivity (Wildman–Crippen MR) is 89.7 cm³/mol. The van der Waals surface area contributed by atoms with Crippen molar-refractivity contribution in [1.82, 2.24) is 4.72 Å². The van der Waals surface area contributed by atoms with E-state index in [4.69, 9.17) is 23.2 Å². The van der Waals surface area contributed by atoms with Crippen molar-refractivity contribution in [2.45, 2.75) is 25.5 Å². The van der Waals surface area contributed by atoms with Crippen molar-refractivity contribution in [1.29, 1.82) is 0 Å². The standard InChI is InChI=1S/C15H15Cl2F2NO3S/c1-9-12(16)6-11(7-13(9)17)24(21,22)20-8-10-4-2-3-5-14(10)23-15(18)19/h2-7,9,12,15,20H,8H2,1H3. The van der Waals surface area contributed by atoms with E-state index in [2.05, 4.69) is 9.46 Å². The Morgan fingerprint density at radius 1 is 1.33 bits per heavy atom. The van der Waals surface area contributed by atoms with Crippen molar-refractivity contribution < 1.29 is 21.9 Å². The number of nitrogens with one attached hydrogen (secondary N) is 1. The zero-order valence-electron chi connectivity index (χ0n) is 12.5. The lowest BCUT2D eigenvalue weighted by atomic mass is 10.0. The van der Waals surface area contributed by atoms with Crippen LogP contribution in [0, 0.1) is 5.92 Å². The lowest BCUT2D eigenvalue weighted by molar-refractivity contribution is -0.0504. The molecule has 0 aromatic heterocycles. The van der Waals surface area contributed by atoms with Gasteiger partial charge in [-0.05, 0) is 18.2 Å². The Kier molecular flexibility index (Phi) is 6.25. The SMILES string of the molecule is CC1C(Cl)=CC(S(=O)(=O)NCc2ccccc2OC(F)F)=CC1Cl. The first-order valence-corrected chi connectivity index (χ1v) is 9.26. The molecule has 4 nitrogen and oxygen atoms in total. The summed E-state index contributed by atoms with van der Waals surface area (Å²) in [5, 5.41) is -0.220. The molecule has 2 atom stereocenters. The molecule has 132 valence electrons. The van der Waals surface area contributed by atoms with Crippen LogP contribution in [0.25, 0.3) is 0 Å². The van der Waals surface area contributed by atoms with Gasteiger partial charge in [0.2, 0.25) is 10.0 Å². The van der Waals surface area contributed by atoms with Crippen LogP contribution < -0.4 is 9.46 Å². The van der Waals surface area contributed by atoms with Gasteiger partial charge in [-0.25, -0.2) is 13.1 Å². The predicted octanol–water partition coefficient (Wildman–Crippen LogP) is 3.97. The van der Waals surface area contributed by atoms with Gasteiger partial charge >= 0.3 is 6.61 Å². The van der Waals surface area contributed by atoms with Crippen LogP contribution in [0.4, 0.5) is 8.78 Å². The number of alkyl halides is 3. The largest absolute Gasteiger partial charge is 0.434 e. The molecule has 1 aliphatic carbocycles. The van der Waals surface area contributed by atoms with Gasteiger partial charge in [-0.15, -0.1) is 11.6 Å². The van der Waals surface area contributed by atoms with Crippen molar-refractivity contribution in [2.24, 2.45) is 5.92 Å². The summed E-state index contributed by atoms with van der Waals surface area (Å²) in [7, 11) is -3.89. The Labute approximate surface area is 149 Å². The van der Waals surface area contributed by atoms with E-state index in [1.54, 1.807) is 13.0 Å². The Morgan fingerprint density at radius 3 is 2.62 bits per heavy atom. The molecule has 2 rings (SSSR count). The Morgan fingerprint density at radius 2 is 2.00 bits per heavy atom. The Bertz CT molecular complexity index is 766. The van der Waals surface area contributed by atoms with Gasteiger partial charge in [0.15, 0.2) is 0 Å². The van der Waals surface area contributed by atoms with Crippen LogP contribution in [-0.4, -0.2) is 20.4 Å². The second-order valence-electron chi connectivity index (χ2n) is 5.14. The highest BCUT2D eigenvalue weighted by molar-refractivity contribution is 7.93. The third kappa shape index (κ3) is 4.69. The van der Waals surface area contributed by atoms with Gasteiger partial charge in [-0.1, -0.05) is 36.7 Å². The van der Waals surface area contributed by atoms with Gasteiger partial charge in [-0.3, -0.25) is 0 Å². The molecule has 0 saturated heterocycles. The van der Waals surface area contributed by atoms with E-state index >= 15 is 0 Å². The summed E-state index contributed by atoms with van der Waals surface area (Å²) >= 11 is 12.1. The molecule has 1 aliphatic rings. The number of sulfonamides is 1. The van der Waals surface area contributed by atoms with Gasteiger partial charge in [0.25, 0.3) is 0 Å². The summed E-state index contributed by atoms with van der Waals surface area (Å²) in [5.74, 6) is -0.280. The number of hydrogen-bond acceptors (Lipinski definition) is 3. The van der Waals surface area contributed by atoms with Gasteiger partial charge in [0.1, 0.15) is 5.75 Å². The van der Waals surface area contributed by atoms with E-state index in [0.717, 1.165) is 0 Å². The van der Waals surface area contributed by atoms with Crippen LogP contribution >= 0.6 is 23.2 Å². The van der Waals surface area contributed by atoms with E-state index < -0.39 is 22.0 Å². The summed E-state index contributed by atoms with van der Waals surface area (Å²) in [6, 6.07) is 5.93. The fraction of sp³-hybridized carbons (Fsp3) is 0.333. The fourth-order valence-corrected chi connectivity index (χ4v) is 3.90. The lowest BCUT2D eigenvalue weighted by Crippen LogP contribution is -2.27. The molecule has 0 heterocycles. The number of halogens is 4. The monoisotopic (exact) mass is 397 g/mol. The van der Waals surface area contributed by atoms with Crippen molar-refractivity contribution in [2.75, 3.05) is 0 Å². The zero-order valence-corrected chi connectivity index (χ0v) is 14.9.